The molecule has 1 aromatic carbocycles. The van der Waals surface area contributed by atoms with E-state index in [0.717, 1.165) is 31.1 Å². The normalized spacial score (nSPS) is 19.8. The van der Waals surface area contributed by atoms with Crippen molar-refractivity contribution in [3.63, 3.8) is 0 Å². The molecule has 3 rings (SSSR count). The molecule has 1 aliphatic heterocycles. The lowest BCUT2D eigenvalue weighted by atomic mass is 10.2. The van der Waals surface area contributed by atoms with Gasteiger partial charge < -0.3 is 15.2 Å². The number of aromatic nitrogens is 2. The lowest BCUT2D eigenvalue weighted by Gasteiger charge is -2.33. The van der Waals surface area contributed by atoms with E-state index in [1.807, 2.05) is 0 Å². The molecule has 1 aromatic heterocycles. The number of nitro benzene ring substituents is 1. The predicted octanol–water partition coefficient (Wildman–Crippen LogP) is 1.27. The van der Waals surface area contributed by atoms with Crippen LogP contribution in [0.1, 0.15) is 6.92 Å². The zero-order valence-corrected chi connectivity index (χ0v) is 10.6. The summed E-state index contributed by atoms with van der Waals surface area (Å²) in [6, 6.07) is 5.04. The Balaban J connectivity index is 1.99. The minimum absolute atomic E-state index is 0.0797. The van der Waals surface area contributed by atoms with Gasteiger partial charge in [0.15, 0.2) is 0 Å². The SMILES string of the molecule is C[C@@H]1CNCCN1c1nc2ccc([N+](=O)[O-])cc2[nH]1. The zero-order chi connectivity index (χ0) is 13.4. The molecule has 1 atom stereocenters. The zero-order valence-electron chi connectivity index (χ0n) is 10.6. The highest BCUT2D eigenvalue weighted by molar-refractivity contribution is 5.80. The van der Waals surface area contributed by atoms with Crippen LogP contribution in [0.15, 0.2) is 18.2 Å². The third-order valence-corrected chi connectivity index (χ3v) is 3.44. The van der Waals surface area contributed by atoms with E-state index < -0.39 is 4.92 Å². The highest BCUT2D eigenvalue weighted by Crippen LogP contribution is 2.23. The Bertz CT molecular complexity index is 624. The van der Waals surface area contributed by atoms with Crippen LogP contribution in [0.2, 0.25) is 0 Å². The van der Waals surface area contributed by atoms with Gasteiger partial charge in [-0.3, -0.25) is 10.1 Å². The number of hydrogen-bond acceptors (Lipinski definition) is 5. The molecule has 7 nitrogen and oxygen atoms in total. The third-order valence-electron chi connectivity index (χ3n) is 3.44. The second kappa shape index (κ2) is 4.51. The Hall–Kier alpha value is -2.15. The molecule has 0 spiro atoms. The van der Waals surface area contributed by atoms with E-state index in [4.69, 9.17) is 0 Å². The van der Waals surface area contributed by atoms with E-state index in [2.05, 4.69) is 27.1 Å². The number of imidazole rings is 1. The molecule has 2 N–H and O–H groups in total. The van der Waals surface area contributed by atoms with Crippen LogP contribution >= 0.6 is 0 Å². The maximum atomic E-state index is 10.8. The van der Waals surface area contributed by atoms with Crippen molar-refractivity contribution in [1.29, 1.82) is 0 Å². The van der Waals surface area contributed by atoms with Gasteiger partial charge in [0.05, 0.1) is 16.0 Å². The number of non-ortho nitro benzene ring substituents is 1. The molecule has 19 heavy (non-hydrogen) atoms. The van der Waals surface area contributed by atoms with Crippen molar-refractivity contribution in [2.45, 2.75) is 13.0 Å². The van der Waals surface area contributed by atoms with Crippen LogP contribution in [0.5, 0.6) is 0 Å². The van der Waals surface area contributed by atoms with Gasteiger partial charge in [0.1, 0.15) is 0 Å². The molecule has 0 radical (unpaired) electrons. The molecule has 2 heterocycles. The Morgan fingerprint density at radius 2 is 2.37 bits per heavy atom. The lowest BCUT2D eigenvalue weighted by molar-refractivity contribution is -0.384. The summed E-state index contributed by atoms with van der Waals surface area (Å²) in [6.07, 6.45) is 0. The number of benzene rings is 1. The third kappa shape index (κ3) is 2.12. The molecule has 1 aliphatic rings. The van der Waals surface area contributed by atoms with E-state index in [9.17, 15) is 10.1 Å². The number of H-pyrrole nitrogens is 1. The molecule has 2 aromatic rings. The maximum Gasteiger partial charge on any atom is 0.271 e. The minimum Gasteiger partial charge on any atom is -0.337 e. The molecule has 0 saturated carbocycles. The van der Waals surface area contributed by atoms with Crippen molar-refractivity contribution in [2.24, 2.45) is 0 Å². The van der Waals surface area contributed by atoms with Gasteiger partial charge in [0.2, 0.25) is 5.95 Å². The highest BCUT2D eigenvalue weighted by atomic mass is 16.6. The average Bonchev–Trinajstić information content (AvgIpc) is 2.81. The largest absolute Gasteiger partial charge is 0.337 e. The van der Waals surface area contributed by atoms with Crippen LogP contribution in [-0.2, 0) is 0 Å². The fraction of sp³-hybridized carbons (Fsp3) is 0.417. The van der Waals surface area contributed by atoms with Crippen molar-refractivity contribution in [1.82, 2.24) is 15.3 Å². The number of rotatable bonds is 2. The monoisotopic (exact) mass is 261 g/mol. The summed E-state index contributed by atoms with van der Waals surface area (Å²) in [7, 11) is 0. The van der Waals surface area contributed by atoms with E-state index >= 15 is 0 Å². The molecule has 0 amide bonds. The van der Waals surface area contributed by atoms with Crippen molar-refractivity contribution >= 4 is 22.7 Å². The minimum atomic E-state index is -0.395. The van der Waals surface area contributed by atoms with Crippen LogP contribution in [-0.4, -0.2) is 40.6 Å². The summed E-state index contributed by atoms with van der Waals surface area (Å²) in [6.45, 7) is 4.84. The Morgan fingerprint density at radius 3 is 3.11 bits per heavy atom. The number of aromatic amines is 1. The molecule has 0 aliphatic carbocycles. The summed E-state index contributed by atoms with van der Waals surface area (Å²) in [5.41, 5.74) is 1.54. The number of piperazine rings is 1. The highest BCUT2D eigenvalue weighted by Gasteiger charge is 2.21. The van der Waals surface area contributed by atoms with Crippen LogP contribution in [0.3, 0.4) is 0 Å². The number of nitrogens with one attached hydrogen (secondary N) is 2. The first-order chi connectivity index (χ1) is 9.15. The van der Waals surface area contributed by atoms with Gasteiger partial charge in [-0.2, -0.15) is 0 Å². The average molecular weight is 261 g/mol. The quantitative estimate of drug-likeness (QED) is 0.628. The predicted molar refractivity (Wildman–Crippen MR) is 72.4 cm³/mol. The van der Waals surface area contributed by atoms with Crippen LogP contribution in [0.25, 0.3) is 11.0 Å². The summed E-state index contributed by atoms with van der Waals surface area (Å²) in [4.78, 5) is 20.2. The van der Waals surface area contributed by atoms with Crippen molar-refractivity contribution in [3.8, 4) is 0 Å². The number of fused-ring (bicyclic) bond motifs is 1. The van der Waals surface area contributed by atoms with Crippen LogP contribution < -0.4 is 10.2 Å². The molecule has 1 saturated heterocycles. The second-order valence-corrected chi connectivity index (χ2v) is 4.77. The van der Waals surface area contributed by atoms with Gasteiger partial charge in [-0.05, 0) is 13.0 Å². The number of nitro groups is 1. The first kappa shape index (κ1) is 11.9. The molecule has 7 heteroatoms. The van der Waals surface area contributed by atoms with Gasteiger partial charge in [0, 0.05) is 37.8 Å². The molecular weight excluding hydrogens is 246 g/mol. The first-order valence-corrected chi connectivity index (χ1v) is 6.26. The second-order valence-electron chi connectivity index (χ2n) is 4.77. The maximum absolute atomic E-state index is 10.8. The Kier molecular flexibility index (Phi) is 2.83. The summed E-state index contributed by atoms with van der Waals surface area (Å²) in [5, 5.41) is 14.1. The number of nitrogens with zero attached hydrogens (tertiary/aromatic N) is 3. The Labute approximate surface area is 109 Å². The van der Waals surface area contributed by atoms with E-state index in [1.165, 1.54) is 12.1 Å². The van der Waals surface area contributed by atoms with Crippen LogP contribution in [0.4, 0.5) is 11.6 Å². The van der Waals surface area contributed by atoms with Crippen molar-refractivity contribution in [3.05, 3.63) is 28.3 Å². The summed E-state index contributed by atoms with van der Waals surface area (Å²) in [5.74, 6) is 0.782. The smallest absolute Gasteiger partial charge is 0.271 e. The van der Waals surface area contributed by atoms with Gasteiger partial charge in [0.25, 0.3) is 5.69 Å². The Morgan fingerprint density at radius 1 is 1.53 bits per heavy atom. The summed E-state index contributed by atoms with van der Waals surface area (Å²) >= 11 is 0. The van der Waals surface area contributed by atoms with Gasteiger partial charge >= 0.3 is 0 Å². The lowest BCUT2D eigenvalue weighted by Crippen LogP contribution is -2.50. The standard InChI is InChI=1S/C12H15N5O2/c1-8-7-13-4-5-16(8)12-14-10-3-2-9(17(18)19)6-11(10)15-12/h2-3,6,8,13H,4-5,7H2,1H3,(H,14,15)/t8-/m1/s1. The number of hydrogen-bond donors (Lipinski definition) is 2. The molecule has 100 valence electrons. The topological polar surface area (TPSA) is 87.1 Å². The van der Waals surface area contributed by atoms with E-state index in [0.29, 0.717) is 11.6 Å². The van der Waals surface area contributed by atoms with E-state index in [-0.39, 0.29) is 5.69 Å². The van der Waals surface area contributed by atoms with Gasteiger partial charge in [-0.15, -0.1) is 0 Å². The van der Waals surface area contributed by atoms with Gasteiger partial charge in [-0.1, -0.05) is 0 Å². The fourth-order valence-electron chi connectivity index (χ4n) is 2.39. The van der Waals surface area contributed by atoms with E-state index in [1.54, 1.807) is 6.07 Å². The summed E-state index contributed by atoms with van der Waals surface area (Å²) < 4.78 is 0. The van der Waals surface area contributed by atoms with Crippen molar-refractivity contribution in [2.75, 3.05) is 24.5 Å². The number of anilines is 1. The fourth-order valence-corrected chi connectivity index (χ4v) is 2.39. The first-order valence-electron chi connectivity index (χ1n) is 6.26. The molecular formula is C12H15N5O2. The van der Waals surface area contributed by atoms with Gasteiger partial charge in [-0.25, -0.2) is 4.98 Å². The van der Waals surface area contributed by atoms with Crippen LogP contribution in [0, 0.1) is 10.1 Å². The molecule has 0 unspecified atom stereocenters. The molecule has 0 bridgehead atoms. The van der Waals surface area contributed by atoms with Crippen molar-refractivity contribution < 1.29 is 4.92 Å². The molecule has 1 fully saturated rings.